The highest BCUT2D eigenvalue weighted by Gasteiger charge is 2.22. The van der Waals surface area contributed by atoms with E-state index in [0.29, 0.717) is 11.3 Å². The second-order valence-corrected chi connectivity index (χ2v) is 6.08. The number of oxazole rings is 1. The fourth-order valence-corrected chi connectivity index (χ4v) is 3.03. The quantitative estimate of drug-likeness (QED) is 0.912. The van der Waals surface area contributed by atoms with Crippen LogP contribution in [0.25, 0.3) is 11.3 Å². The number of aromatic nitrogens is 1. The molecular formula is C18H22N2O3. The molecule has 5 nitrogen and oxygen atoms in total. The maximum Gasteiger partial charge on any atom is 0.251 e. The summed E-state index contributed by atoms with van der Waals surface area (Å²) in [7, 11) is 0. The van der Waals surface area contributed by atoms with Gasteiger partial charge in [0, 0.05) is 11.1 Å². The van der Waals surface area contributed by atoms with Gasteiger partial charge in [-0.05, 0) is 25.0 Å². The Morgan fingerprint density at radius 3 is 2.57 bits per heavy atom. The minimum absolute atomic E-state index is 0.140. The molecule has 0 aliphatic heterocycles. The summed E-state index contributed by atoms with van der Waals surface area (Å²) in [4.78, 5) is 16.3. The van der Waals surface area contributed by atoms with Gasteiger partial charge >= 0.3 is 0 Å². The Morgan fingerprint density at radius 1 is 1.13 bits per heavy atom. The SMILES string of the molecule is O=C(N[C@H]1CCCCCC[C@@H]1O)c1ccc(-c2cnco2)cc1. The monoisotopic (exact) mass is 314 g/mol. The van der Waals surface area contributed by atoms with Gasteiger partial charge in [-0.25, -0.2) is 4.98 Å². The van der Waals surface area contributed by atoms with Crippen molar-refractivity contribution in [3.8, 4) is 11.3 Å². The van der Waals surface area contributed by atoms with Crippen molar-refractivity contribution >= 4 is 5.91 Å². The molecule has 2 aromatic rings. The van der Waals surface area contributed by atoms with E-state index in [4.69, 9.17) is 4.42 Å². The third-order valence-electron chi connectivity index (χ3n) is 4.41. The predicted octanol–water partition coefficient (Wildman–Crippen LogP) is 3.16. The van der Waals surface area contributed by atoms with Gasteiger partial charge in [0.2, 0.25) is 0 Å². The Kier molecular flexibility index (Phi) is 5.08. The van der Waals surface area contributed by atoms with Crippen molar-refractivity contribution in [2.24, 2.45) is 0 Å². The molecule has 23 heavy (non-hydrogen) atoms. The van der Waals surface area contributed by atoms with Crippen molar-refractivity contribution in [2.75, 3.05) is 0 Å². The zero-order valence-electron chi connectivity index (χ0n) is 13.1. The lowest BCUT2D eigenvalue weighted by Gasteiger charge is -2.26. The Bertz CT molecular complexity index is 622. The Hall–Kier alpha value is -2.14. The largest absolute Gasteiger partial charge is 0.444 e. The molecule has 122 valence electrons. The van der Waals surface area contributed by atoms with Crippen LogP contribution in [0.2, 0.25) is 0 Å². The molecule has 1 aromatic heterocycles. The molecule has 2 N–H and O–H groups in total. The summed E-state index contributed by atoms with van der Waals surface area (Å²) in [6, 6.07) is 7.05. The number of aliphatic hydroxyl groups is 1. The molecule has 1 amide bonds. The number of benzene rings is 1. The number of nitrogens with one attached hydrogen (secondary N) is 1. The van der Waals surface area contributed by atoms with Crippen LogP contribution in [0.5, 0.6) is 0 Å². The average Bonchev–Trinajstić information content (AvgIpc) is 3.09. The van der Waals surface area contributed by atoms with E-state index in [1.165, 1.54) is 19.2 Å². The summed E-state index contributed by atoms with van der Waals surface area (Å²) in [6.45, 7) is 0. The van der Waals surface area contributed by atoms with E-state index >= 15 is 0 Å². The maximum atomic E-state index is 12.4. The first-order chi connectivity index (χ1) is 11.2. The van der Waals surface area contributed by atoms with Crippen LogP contribution in [-0.2, 0) is 0 Å². The number of carbonyl (C=O) groups excluding carboxylic acids is 1. The minimum atomic E-state index is -0.451. The number of carbonyl (C=O) groups is 1. The predicted molar refractivity (Wildman–Crippen MR) is 86.9 cm³/mol. The van der Waals surface area contributed by atoms with E-state index in [0.717, 1.165) is 31.2 Å². The summed E-state index contributed by atoms with van der Waals surface area (Å²) in [5, 5.41) is 13.2. The van der Waals surface area contributed by atoms with Crippen LogP contribution in [0, 0.1) is 0 Å². The van der Waals surface area contributed by atoms with Gasteiger partial charge in [-0.3, -0.25) is 4.79 Å². The summed E-state index contributed by atoms with van der Waals surface area (Å²) in [6.07, 6.45) is 8.58. The fourth-order valence-electron chi connectivity index (χ4n) is 3.03. The molecule has 1 heterocycles. The van der Waals surface area contributed by atoms with Gasteiger partial charge in [0.25, 0.3) is 5.91 Å². The number of hydrogen-bond acceptors (Lipinski definition) is 4. The molecule has 0 spiro atoms. The van der Waals surface area contributed by atoms with Crippen molar-refractivity contribution in [3.05, 3.63) is 42.4 Å². The smallest absolute Gasteiger partial charge is 0.251 e. The van der Waals surface area contributed by atoms with E-state index in [1.54, 1.807) is 18.3 Å². The third kappa shape index (κ3) is 3.99. The highest BCUT2D eigenvalue weighted by Crippen LogP contribution is 2.20. The molecule has 3 rings (SSSR count). The minimum Gasteiger partial charge on any atom is -0.444 e. The molecule has 0 saturated heterocycles. The van der Waals surface area contributed by atoms with E-state index in [1.807, 2.05) is 12.1 Å². The number of amides is 1. The molecule has 0 bridgehead atoms. The number of nitrogens with zero attached hydrogens (tertiary/aromatic N) is 1. The van der Waals surface area contributed by atoms with Crippen LogP contribution >= 0.6 is 0 Å². The normalized spacial score (nSPS) is 22.1. The van der Waals surface area contributed by atoms with Gasteiger partial charge in [0.1, 0.15) is 0 Å². The highest BCUT2D eigenvalue weighted by atomic mass is 16.3. The number of hydrogen-bond donors (Lipinski definition) is 2. The van der Waals surface area contributed by atoms with Crippen LogP contribution in [0.3, 0.4) is 0 Å². The van der Waals surface area contributed by atoms with E-state index in [2.05, 4.69) is 10.3 Å². The summed E-state index contributed by atoms with van der Waals surface area (Å²) < 4.78 is 5.24. The second-order valence-electron chi connectivity index (χ2n) is 6.08. The first kappa shape index (κ1) is 15.7. The van der Waals surface area contributed by atoms with Crippen LogP contribution < -0.4 is 5.32 Å². The first-order valence-corrected chi connectivity index (χ1v) is 8.22. The molecule has 1 aliphatic rings. The van der Waals surface area contributed by atoms with Crippen molar-refractivity contribution < 1.29 is 14.3 Å². The van der Waals surface area contributed by atoms with Crippen LogP contribution in [0.1, 0.15) is 48.9 Å². The second kappa shape index (κ2) is 7.42. The van der Waals surface area contributed by atoms with Crippen molar-refractivity contribution in [1.29, 1.82) is 0 Å². The Labute approximate surface area is 135 Å². The molecule has 0 unspecified atom stereocenters. The number of rotatable bonds is 3. The van der Waals surface area contributed by atoms with Crippen molar-refractivity contribution in [3.63, 3.8) is 0 Å². The van der Waals surface area contributed by atoms with Crippen molar-refractivity contribution in [2.45, 2.75) is 50.7 Å². The van der Waals surface area contributed by atoms with E-state index in [9.17, 15) is 9.90 Å². The molecule has 0 radical (unpaired) electrons. The van der Waals surface area contributed by atoms with Gasteiger partial charge < -0.3 is 14.8 Å². The molecule has 2 atom stereocenters. The zero-order valence-corrected chi connectivity index (χ0v) is 13.1. The summed E-state index contributed by atoms with van der Waals surface area (Å²) in [5.41, 5.74) is 1.47. The molecule has 1 aliphatic carbocycles. The lowest BCUT2D eigenvalue weighted by atomic mass is 9.94. The lowest BCUT2D eigenvalue weighted by molar-refractivity contribution is 0.0771. The van der Waals surface area contributed by atoms with Gasteiger partial charge in [-0.15, -0.1) is 0 Å². The Morgan fingerprint density at radius 2 is 1.87 bits per heavy atom. The molecule has 1 fully saturated rings. The van der Waals surface area contributed by atoms with E-state index < -0.39 is 6.10 Å². The van der Waals surface area contributed by atoms with Crippen LogP contribution in [-0.4, -0.2) is 28.1 Å². The van der Waals surface area contributed by atoms with Crippen LogP contribution in [0.4, 0.5) is 0 Å². The fraction of sp³-hybridized carbons (Fsp3) is 0.444. The van der Waals surface area contributed by atoms with Gasteiger partial charge in [0.15, 0.2) is 12.2 Å². The van der Waals surface area contributed by atoms with E-state index in [-0.39, 0.29) is 11.9 Å². The van der Waals surface area contributed by atoms with Gasteiger partial charge in [0.05, 0.1) is 18.3 Å². The summed E-state index contributed by atoms with van der Waals surface area (Å²) >= 11 is 0. The third-order valence-corrected chi connectivity index (χ3v) is 4.41. The molecule has 5 heteroatoms. The topological polar surface area (TPSA) is 75.4 Å². The first-order valence-electron chi connectivity index (χ1n) is 8.22. The average molecular weight is 314 g/mol. The molecular weight excluding hydrogens is 292 g/mol. The van der Waals surface area contributed by atoms with Crippen LogP contribution in [0.15, 0.2) is 41.3 Å². The van der Waals surface area contributed by atoms with Gasteiger partial charge in [-0.2, -0.15) is 0 Å². The molecule has 1 saturated carbocycles. The lowest BCUT2D eigenvalue weighted by Crippen LogP contribution is -2.43. The standard InChI is InChI=1S/C18H22N2O3/c21-16-6-4-2-1-3-5-15(16)20-18(22)14-9-7-13(8-10-14)17-11-19-12-23-17/h7-12,15-16,21H,1-6H2,(H,20,22)/t15-,16-/m0/s1. The van der Waals surface area contributed by atoms with Gasteiger partial charge in [-0.1, -0.05) is 37.8 Å². The maximum absolute atomic E-state index is 12.4. The summed E-state index contributed by atoms with van der Waals surface area (Å²) in [5.74, 6) is 0.533. The molecule has 1 aromatic carbocycles. The highest BCUT2D eigenvalue weighted by molar-refractivity contribution is 5.94. The van der Waals surface area contributed by atoms with Crippen molar-refractivity contribution in [1.82, 2.24) is 10.3 Å². The zero-order chi connectivity index (χ0) is 16.1. The Balaban J connectivity index is 1.65. The number of aliphatic hydroxyl groups excluding tert-OH is 1.